The molecule has 0 fully saturated rings. The summed E-state index contributed by atoms with van der Waals surface area (Å²) < 4.78 is 3.42. The molecule has 0 atom stereocenters. The monoisotopic (exact) mass is 336 g/mol. The van der Waals surface area contributed by atoms with Gasteiger partial charge in [0.15, 0.2) is 17.3 Å². The maximum absolute atomic E-state index is 5.54. The minimum Gasteiger partial charge on any atom is -0.363 e. The first-order chi connectivity index (χ1) is 12.2. The topological polar surface area (TPSA) is 124 Å². The van der Waals surface area contributed by atoms with E-state index in [-0.39, 0.29) is 0 Å². The minimum atomic E-state index is 0.469. The van der Waals surface area contributed by atoms with Crippen LogP contribution in [0.4, 0.5) is 11.6 Å². The zero-order chi connectivity index (χ0) is 17.2. The van der Waals surface area contributed by atoms with Gasteiger partial charge in [-0.3, -0.25) is 4.68 Å². The van der Waals surface area contributed by atoms with E-state index in [0.717, 1.165) is 16.8 Å². The van der Waals surface area contributed by atoms with E-state index >= 15 is 0 Å². The molecule has 10 nitrogen and oxygen atoms in total. The Labute approximate surface area is 142 Å². The molecule has 0 saturated carbocycles. The Bertz CT molecular complexity index is 1020. The molecule has 4 rings (SSSR count). The molecule has 25 heavy (non-hydrogen) atoms. The number of aromatic nitrogens is 7. The number of nitrogens with two attached hydrogens (primary N) is 1. The van der Waals surface area contributed by atoms with E-state index in [4.69, 9.17) is 5.84 Å². The number of nitrogens with one attached hydrogen (secondary N) is 2. The third kappa shape index (κ3) is 2.97. The lowest BCUT2D eigenvalue weighted by Gasteiger charge is -2.11. The second-order valence-corrected chi connectivity index (χ2v) is 5.45. The number of rotatable bonds is 5. The first-order valence-electron chi connectivity index (χ1n) is 7.58. The summed E-state index contributed by atoms with van der Waals surface area (Å²) in [5, 5.41) is 11.5. The van der Waals surface area contributed by atoms with Gasteiger partial charge in [-0.15, -0.1) is 0 Å². The molecular formula is C15H16N10. The summed E-state index contributed by atoms with van der Waals surface area (Å²) in [5.41, 5.74) is 5.97. The van der Waals surface area contributed by atoms with Crippen LogP contribution in [0, 0.1) is 0 Å². The van der Waals surface area contributed by atoms with Gasteiger partial charge in [-0.2, -0.15) is 10.2 Å². The normalized spacial score (nSPS) is 11.0. The molecule has 0 aliphatic rings. The standard InChI is InChI=1S/C15H16N10/c1-24-8-11(6-20-24)12-7-18-15(23-16)14(22-12)17-5-10-2-3-25-13(4-10)19-9-21-25/h2-4,6-9H,5,16H2,1H3,(H,17,22)(H,18,23). The smallest absolute Gasteiger partial charge is 0.183 e. The van der Waals surface area contributed by atoms with Gasteiger partial charge in [0.05, 0.1) is 18.1 Å². The number of hydrogen-bond acceptors (Lipinski definition) is 8. The van der Waals surface area contributed by atoms with Gasteiger partial charge in [-0.25, -0.2) is 25.3 Å². The summed E-state index contributed by atoms with van der Waals surface area (Å²) in [4.78, 5) is 13.1. The van der Waals surface area contributed by atoms with Crippen LogP contribution in [-0.4, -0.2) is 34.3 Å². The molecule has 0 bridgehead atoms. The highest BCUT2D eigenvalue weighted by Gasteiger charge is 2.10. The van der Waals surface area contributed by atoms with Crippen LogP contribution in [0.2, 0.25) is 0 Å². The van der Waals surface area contributed by atoms with Crippen molar-refractivity contribution < 1.29 is 0 Å². The van der Waals surface area contributed by atoms with Crippen LogP contribution in [0.25, 0.3) is 16.9 Å². The van der Waals surface area contributed by atoms with E-state index in [9.17, 15) is 0 Å². The van der Waals surface area contributed by atoms with Crippen molar-refractivity contribution in [1.29, 1.82) is 0 Å². The molecule has 0 saturated heterocycles. The molecule has 4 heterocycles. The van der Waals surface area contributed by atoms with Crippen LogP contribution >= 0.6 is 0 Å². The summed E-state index contributed by atoms with van der Waals surface area (Å²) in [6, 6.07) is 3.91. The predicted molar refractivity (Wildman–Crippen MR) is 92.4 cm³/mol. The van der Waals surface area contributed by atoms with Crippen LogP contribution < -0.4 is 16.6 Å². The fourth-order valence-electron chi connectivity index (χ4n) is 2.46. The second-order valence-electron chi connectivity index (χ2n) is 5.45. The van der Waals surface area contributed by atoms with E-state index < -0.39 is 0 Å². The molecule has 4 N–H and O–H groups in total. The molecule has 4 aromatic heterocycles. The van der Waals surface area contributed by atoms with E-state index in [1.807, 2.05) is 31.6 Å². The van der Waals surface area contributed by atoms with Crippen LogP contribution in [0.5, 0.6) is 0 Å². The minimum absolute atomic E-state index is 0.469. The Morgan fingerprint density at radius 3 is 2.88 bits per heavy atom. The highest BCUT2D eigenvalue weighted by Crippen LogP contribution is 2.22. The van der Waals surface area contributed by atoms with Crippen LogP contribution in [0.3, 0.4) is 0 Å². The molecular weight excluding hydrogens is 320 g/mol. The number of pyridine rings is 1. The van der Waals surface area contributed by atoms with Crippen molar-refractivity contribution in [3.63, 3.8) is 0 Å². The van der Waals surface area contributed by atoms with Gasteiger partial charge in [-0.05, 0) is 17.7 Å². The molecule has 0 unspecified atom stereocenters. The van der Waals surface area contributed by atoms with E-state index in [1.54, 1.807) is 21.6 Å². The van der Waals surface area contributed by atoms with Gasteiger partial charge < -0.3 is 10.7 Å². The fraction of sp³-hybridized carbons (Fsp3) is 0.133. The van der Waals surface area contributed by atoms with Crippen LogP contribution in [0.1, 0.15) is 5.56 Å². The Hall–Kier alpha value is -3.53. The average molecular weight is 336 g/mol. The summed E-state index contributed by atoms with van der Waals surface area (Å²) in [5.74, 6) is 6.57. The summed E-state index contributed by atoms with van der Waals surface area (Å²) in [6.07, 6.45) is 8.65. The second kappa shape index (κ2) is 6.17. The fourth-order valence-corrected chi connectivity index (χ4v) is 2.46. The zero-order valence-corrected chi connectivity index (χ0v) is 13.5. The van der Waals surface area contributed by atoms with E-state index in [0.29, 0.717) is 23.9 Å². The van der Waals surface area contributed by atoms with E-state index in [2.05, 4.69) is 35.9 Å². The SMILES string of the molecule is Cn1cc(-c2cnc(NN)c(NCc3ccn4ncnc4c3)n2)cn1. The number of nitrogen functional groups attached to an aromatic ring is 1. The Morgan fingerprint density at radius 2 is 2.08 bits per heavy atom. The van der Waals surface area contributed by atoms with Gasteiger partial charge >= 0.3 is 0 Å². The molecule has 10 heteroatoms. The van der Waals surface area contributed by atoms with Crippen LogP contribution in [0.15, 0.2) is 43.2 Å². The van der Waals surface area contributed by atoms with Gasteiger partial charge in [0.25, 0.3) is 0 Å². The lowest BCUT2D eigenvalue weighted by molar-refractivity contribution is 0.768. The highest BCUT2D eigenvalue weighted by molar-refractivity contribution is 5.65. The summed E-state index contributed by atoms with van der Waals surface area (Å²) >= 11 is 0. The predicted octanol–water partition coefficient (Wildman–Crippen LogP) is 0.817. The average Bonchev–Trinajstić information content (AvgIpc) is 3.28. The van der Waals surface area contributed by atoms with Crippen molar-refractivity contribution in [2.45, 2.75) is 6.54 Å². The largest absolute Gasteiger partial charge is 0.363 e. The van der Waals surface area contributed by atoms with Crippen molar-refractivity contribution in [3.8, 4) is 11.3 Å². The molecule has 0 radical (unpaired) electrons. The molecule has 0 spiro atoms. The lowest BCUT2D eigenvalue weighted by Crippen LogP contribution is -2.13. The third-order valence-electron chi connectivity index (χ3n) is 3.71. The maximum atomic E-state index is 5.54. The molecule has 0 aliphatic carbocycles. The zero-order valence-electron chi connectivity index (χ0n) is 13.5. The Balaban J connectivity index is 1.59. The third-order valence-corrected chi connectivity index (χ3v) is 3.71. The van der Waals surface area contributed by atoms with Crippen molar-refractivity contribution >= 4 is 17.3 Å². The number of nitrogens with zero attached hydrogens (tertiary/aromatic N) is 7. The van der Waals surface area contributed by atoms with Gasteiger partial charge in [0.1, 0.15) is 6.33 Å². The lowest BCUT2D eigenvalue weighted by atomic mass is 10.2. The number of hydrogen-bond donors (Lipinski definition) is 3. The van der Waals surface area contributed by atoms with Crippen molar-refractivity contribution in [2.75, 3.05) is 10.7 Å². The number of hydrazine groups is 1. The molecule has 0 aromatic carbocycles. The molecule has 0 aliphatic heterocycles. The number of anilines is 2. The Morgan fingerprint density at radius 1 is 1.16 bits per heavy atom. The van der Waals surface area contributed by atoms with Gasteiger partial charge in [0, 0.05) is 31.5 Å². The maximum Gasteiger partial charge on any atom is 0.183 e. The highest BCUT2D eigenvalue weighted by atomic mass is 15.3. The van der Waals surface area contributed by atoms with Gasteiger partial charge in [0.2, 0.25) is 0 Å². The van der Waals surface area contributed by atoms with Crippen molar-refractivity contribution in [2.24, 2.45) is 12.9 Å². The van der Waals surface area contributed by atoms with Crippen molar-refractivity contribution in [1.82, 2.24) is 34.3 Å². The van der Waals surface area contributed by atoms with Gasteiger partial charge in [-0.1, -0.05) is 0 Å². The summed E-state index contributed by atoms with van der Waals surface area (Å²) in [6.45, 7) is 0.545. The number of aryl methyl sites for hydroxylation is 1. The quantitative estimate of drug-likeness (QED) is 0.361. The Kier molecular flexibility index (Phi) is 3.71. The summed E-state index contributed by atoms with van der Waals surface area (Å²) in [7, 11) is 1.85. The molecule has 0 amide bonds. The van der Waals surface area contributed by atoms with Crippen molar-refractivity contribution in [3.05, 3.63) is 48.8 Å². The number of fused-ring (bicyclic) bond motifs is 1. The first kappa shape index (κ1) is 15.0. The molecule has 126 valence electrons. The molecule has 4 aromatic rings. The van der Waals surface area contributed by atoms with E-state index in [1.165, 1.54) is 6.33 Å². The van der Waals surface area contributed by atoms with Crippen LogP contribution in [-0.2, 0) is 13.6 Å². The first-order valence-corrected chi connectivity index (χ1v) is 7.58.